The van der Waals surface area contributed by atoms with Crippen LogP contribution in [-0.4, -0.2) is 29.5 Å². The second-order valence-electron chi connectivity index (χ2n) is 3.01. The summed E-state index contributed by atoms with van der Waals surface area (Å²) in [5.41, 5.74) is 1.23. The van der Waals surface area contributed by atoms with E-state index in [0.717, 1.165) is 32.8 Å². The molecule has 1 N–H and O–H groups in total. The fraction of sp³-hybridized carbons (Fsp3) is 0.700. The maximum absolute atomic E-state index is 5.22. The molecule has 1 heterocycles. The van der Waals surface area contributed by atoms with Gasteiger partial charge in [0.15, 0.2) is 0 Å². The van der Waals surface area contributed by atoms with Crippen LogP contribution in [0.5, 0.6) is 0 Å². The van der Waals surface area contributed by atoms with Gasteiger partial charge in [-0.2, -0.15) is 5.10 Å². The molecule has 0 saturated heterocycles. The Hall–Kier alpha value is -0.870. The average Bonchev–Trinajstić information content (AvgIpc) is 2.65. The number of aryl methyl sites for hydroxylation is 1. The molecule has 0 aliphatic heterocycles. The molecule has 0 bridgehead atoms. The molecule has 4 heteroatoms. The van der Waals surface area contributed by atoms with Crippen molar-refractivity contribution < 1.29 is 4.74 Å². The fourth-order valence-corrected chi connectivity index (χ4v) is 1.30. The Labute approximate surface area is 85.3 Å². The molecule has 0 saturated carbocycles. The van der Waals surface area contributed by atoms with Gasteiger partial charge in [0, 0.05) is 32.4 Å². The van der Waals surface area contributed by atoms with Gasteiger partial charge < -0.3 is 10.1 Å². The summed E-state index contributed by atoms with van der Waals surface area (Å²) in [4.78, 5) is 0. The van der Waals surface area contributed by atoms with E-state index in [1.54, 1.807) is 0 Å². The first-order valence-corrected chi connectivity index (χ1v) is 5.17. The third-order valence-electron chi connectivity index (χ3n) is 2.04. The van der Waals surface area contributed by atoms with Crippen molar-refractivity contribution in [2.24, 2.45) is 0 Å². The number of hydrogen-bond acceptors (Lipinski definition) is 3. The Kier molecular flexibility index (Phi) is 5.25. The van der Waals surface area contributed by atoms with Crippen molar-refractivity contribution in [2.45, 2.75) is 26.9 Å². The van der Waals surface area contributed by atoms with E-state index in [9.17, 15) is 0 Å². The monoisotopic (exact) mass is 197 g/mol. The summed E-state index contributed by atoms with van der Waals surface area (Å²) in [7, 11) is 0. The van der Waals surface area contributed by atoms with E-state index in [2.05, 4.69) is 17.3 Å². The van der Waals surface area contributed by atoms with Crippen molar-refractivity contribution in [2.75, 3.05) is 19.8 Å². The first kappa shape index (κ1) is 11.2. The molecule has 1 aromatic rings. The van der Waals surface area contributed by atoms with Crippen LogP contribution in [0, 0.1) is 0 Å². The molecule has 0 aromatic carbocycles. The standard InChI is InChI=1S/C10H19N3O/c1-3-13-10(5-6-12-13)9-11-7-8-14-4-2/h5-6,11H,3-4,7-9H2,1-2H3. The van der Waals surface area contributed by atoms with Crippen LogP contribution in [0.1, 0.15) is 19.5 Å². The maximum Gasteiger partial charge on any atom is 0.0590 e. The highest BCUT2D eigenvalue weighted by molar-refractivity contribution is 4.99. The highest BCUT2D eigenvalue weighted by atomic mass is 16.5. The first-order chi connectivity index (χ1) is 6.88. The summed E-state index contributed by atoms with van der Waals surface area (Å²) < 4.78 is 7.22. The molecule has 0 radical (unpaired) electrons. The lowest BCUT2D eigenvalue weighted by Gasteiger charge is -2.06. The van der Waals surface area contributed by atoms with Gasteiger partial charge in [0.05, 0.1) is 12.3 Å². The lowest BCUT2D eigenvalue weighted by atomic mass is 10.4. The molecule has 0 fully saturated rings. The molecule has 1 rings (SSSR count). The molecule has 0 amide bonds. The van der Waals surface area contributed by atoms with E-state index in [-0.39, 0.29) is 0 Å². The zero-order valence-corrected chi connectivity index (χ0v) is 8.99. The summed E-state index contributed by atoms with van der Waals surface area (Å²) in [6.07, 6.45) is 1.84. The predicted molar refractivity (Wildman–Crippen MR) is 56.1 cm³/mol. The number of ether oxygens (including phenoxy) is 1. The number of hydrogen-bond donors (Lipinski definition) is 1. The fourth-order valence-electron chi connectivity index (χ4n) is 1.30. The Morgan fingerprint density at radius 3 is 3.07 bits per heavy atom. The van der Waals surface area contributed by atoms with Crippen LogP contribution < -0.4 is 5.32 Å². The maximum atomic E-state index is 5.22. The van der Waals surface area contributed by atoms with Gasteiger partial charge in [0.25, 0.3) is 0 Å². The quantitative estimate of drug-likeness (QED) is 0.664. The third kappa shape index (κ3) is 3.47. The zero-order chi connectivity index (χ0) is 10.2. The lowest BCUT2D eigenvalue weighted by Crippen LogP contribution is -2.21. The number of rotatable bonds is 7. The molecule has 80 valence electrons. The molecule has 0 aliphatic rings. The van der Waals surface area contributed by atoms with Crippen molar-refractivity contribution in [3.63, 3.8) is 0 Å². The Morgan fingerprint density at radius 2 is 2.36 bits per heavy atom. The minimum Gasteiger partial charge on any atom is -0.380 e. The van der Waals surface area contributed by atoms with Crippen LogP contribution in [0.25, 0.3) is 0 Å². The Bertz CT molecular complexity index is 247. The highest BCUT2D eigenvalue weighted by Crippen LogP contribution is 1.97. The Balaban J connectivity index is 2.17. The van der Waals surface area contributed by atoms with Gasteiger partial charge in [-0.05, 0) is 19.9 Å². The average molecular weight is 197 g/mol. The number of nitrogens with zero attached hydrogens (tertiary/aromatic N) is 2. The van der Waals surface area contributed by atoms with Gasteiger partial charge in [0.1, 0.15) is 0 Å². The van der Waals surface area contributed by atoms with Crippen LogP contribution >= 0.6 is 0 Å². The van der Waals surface area contributed by atoms with Crippen LogP contribution in [0.3, 0.4) is 0 Å². The van der Waals surface area contributed by atoms with E-state index in [4.69, 9.17) is 4.74 Å². The molecule has 4 nitrogen and oxygen atoms in total. The minimum absolute atomic E-state index is 0.775. The third-order valence-corrected chi connectivity index (χ3v) is 2.04. The smallest absolute Gasteiger partial charge is 0.0590 e. The van der Waals surface area contributed by atoms with E-state index in [0.29, 0.717) is 0 Å². The second kappa shape index (κ2) is 6.56. The van der Waals surface area contributed by atoms with E-state index < -0.39 is 0 Å². The summed E-state index contributed by atoms with van der Waals surface area (Å²) in [5, 5.41) is 7.51. The van der Waals surface area contributed by atoms with Gasteiger partial charge in [0.2, 0.25) is 0 Å². The molecule has 0 spiro atoms. The Morgan fingerprint density at radius 1 is 1.50 bits per heavy atom. The number of nitrogens with one attached hydrogen (secondary N) is 1. The van der Waals surface area contributed by atoms with Crippen molar-refractivity contribution in [1.29, 1.82) is 0 Å². The normalized spacial score (nSPS) is 10.7. The molecular formula is C10H19N3O. The summed E-state index contributed by atoms with van der Waals surface area (Å²) >= 11 is 0. The highest BCUT2D eigenvalue weighted by Gasteiger charge is 1.98. The molecule has 0 aliphatic carbocycles. The van der Waals surface area contributed by atoms with E-state index in [1.165, 1.54) is 5.69 Å². The zero-order valence-electron chi connectivity index (χ0n) is 8.99. The van der Waals surface area contributed by atoms with Gasteiger partial charge in [-0.3, -0.25) is 4.68 Å². The van der Waals surface area contributed by atoms with E-state index >= 15 is 0 Å². The van der Waals surface area contributed by atoms with Crippen LogP contribution in [0.15, 0.2) is 12.3 Å². The van der Waals surface area contributed by atoms with Gasteiger partial charge >= 0.3 is 0 Å². The molecule has 0 atom stereocenters. The van der Waals surface area contributed by atoms with E-state index in [1.807, 2.05) is 23.9 Å². The molecule has 0 unspecified atom stereocenters. The van der Waals surface area contributed by atoms with Gasteiger partial charge in [-0.25, -0.2) is 0 Å². The van der Waals surface area contributed by atoms with Gasteiger partial charge in [-0.1, -0.05) is 0 Å². The van der Waals surface area contributed by atoms with Crippen molar-refractivity contribution in [3.8, 4) is 0 Å². The molecular weight excluding hydrogens is 178 g/mol. The van der Waals surface area contributed by atoms with Crippen molar-refractivity contribution in [1.82, 2.24) is 15.1 Å². The molecule has 1 aromatic heterocycles. The summed E-state index contributed by atoms with van der Waals surface area (Å²) in [5.74, 6) is 0. The topological polar surface area (TPSA) is 39.1 Å². The van der Waals surface area contributed by atoms with Crippen molar-refractivity contribution >= 4 is 0 Å². The predicted octanol–water partition coefficient (Wildman–Crippen LogP) is 1.03. The van der Waals surface area contributed by atoms with Crippen LogP contribution in [0.2, 0.25) is 0 Å². The SMILES string of the molecule is CCOCCNCc1ccnn1CC. The van der Waals surface area contributed by atoms with Crippen molar-refractivity contribution in [3.05, 3.63) is 18.0 Å². The summed E-state index contributed by atoms with van der Waals surface area (Å²) in [6.45, 7) is 8.34. The number of aromatic nitrogens is 2. The van der Waals surface area contributed by atoms with Crippen LogP contribution in [-0.2, 0) is 17.8 Å². The molecule has 14 heavy (non-hydrogen) atoms. The largest absolute Gasteiger partial charge is 0.380 e. The minimum atomic E-state index is 0.775. The van der Waals surface area contributed by atoms with Gasteiger partial charge in [-0.15, -0.1) is 0 Å². The summed E-state index contributed by atoms with van der Waals surface area (Å²) in [6, 6.07) is 2.04. The lowest BCUT2D eigenvalue weighted by molar-refractivity contribution is 0.149. The first-order valence-electron chi connectivity index (χ1n) is 5.17. The second-order valence-corrected chi connectivity index (χ2v) is 3.01. The van der Waals surface area contributed by atoms with Crippen LogP contribution in [0.4, 0.5) is 0 Å².